The topological polar surface area (TPSA) is 30.7 Å². The Morgan fingerprint density at radius 2 is 1.13 bits per heavy atom. The van der Waals surface area contributed by atoms with Crippen LogP contribution in [0.4, 0.5) is 0 Å². The molecule has 0 saturated heterocycles. The number of hydrogen-bond acceptors (Lipinski definition) is 2. The Morgan fingerprint density at radius 3 is 1.97 bits per heavy atom. The SMILES string of the molecule is c1ccc(-n2c3ccccc3c3c4c(ccc32)c2ccccc2c2nccnc24)cc1. The second-order valence-electron chi connectivity index (χ2n) is 7.87. The third-order valence-electron chi connectivity index (χ3n) is 6.26. The molecule has 0 saturated carbocycles. The normalized spacial score (nSPS) is 11.9. The van der Waals surface area contributed by atoms with Crippen LogP contribution in [0, 0.1) is 0 Å². The maximum absolute atomic E-state index is 4.83. The zero-order valence-corrected chi connectivity index (χ0v) is 16.7. The lowest BCUT2D eigenvalue weighted by Crippen LogP contribution is -1.93. The molecule has 31 heavy (non-hydrogen) atoms. The van der Waals surface area contributed by atoms with Crippen molar-refractivity contribution in [3.05, 3.63) is 103 Å². The highest BCUT2D eigenvalue weighted by Gasteiger charge is 2.18. The monoisotopic (exact) mass is 395 g/mol. The summed E-state index contributed by atoms with van der Waals surface area (Å²) in [6.45, 7) is 0. The molecular weight excluding hydrogens is 378 g/mol. The molecule has 7 rings (SSSR count). The van der Waals surface area contributed by atoms with Gasteiger partial charge in [0.05, 0.1) is 22.1 Å². The Hall–Kier alpha value is -4.24. The lowest BCUT2D eigenvalue weighted by molar-refractivity contribution is 1.18. The van der Waals surface area contributed by atoms with E-state index in [-0.39, 0.29) is 0 Å². The molecule has 0 unspecified atom stereocenters. The Labute approximate surface area is 178 Å². The Balaban J connectivity index is 1.83. The fourth-order valence-electron chi connectivity index (χ4n) is 5.03. The zero-order chi connectivity index (χ0) is 20.4. The standard InChI is InChI=1S/C28H17N3/c1-2-8-18(9-3-1)31-23-13-7-6-12-22(23)25-24(31)15-14-20-19-10-4-5-11-21(19)27-28(26(20)25)30-17-16-29-27/h1-17H. The minimum atomic E-state index is 0.953. The van der Waals surface area contributed by atoms with Gasteiger partial charge in [0, 0.05) is 39.6 Å². The lowest BCUT2D eigenvalue weighted by atomic mass is 9.96. The van der Waals surface area contributed by atoms with Crippen molar-refractivity contribution < 1.29 is 0 Å². The molecule has 0 aliphatic heterocycles. The van der Waals surface area contributed by atoms with Crippen LogP contribution >= 0.6 is 0 Å². The molecule has 0 N–H and O–H groups in total. The molecule has 0 radical (unpaired) electrons. The van der Waals surface area contributed by atoms with Crippen molar-refractivity contribution in [2.75, 3.05) is 0 Å². The Kier molecular flexibility index (Phi) is 3.27. The summed E-state index contributed by atoms with van der Waals surface area (Å²) >= 11 is 0. The second kappa shape index (κ2) is 6.13. The van der Waals surface area contributed by atoms with Crippen LogP contribution < -0.4 is 0 Å². The average Bonchev–Trinajstić information content (AvgIpc) is 3.19. The Morgan fingerprint density at radius 1 is 0.452 bits per heavy atom. The fourth-order valence-corrected chi connectivity index (χ4v) is 5.03. The van der Waals surface area contributed by atoms with Crippen molar-refractivity contribution in [2.24, 2.45) is 0 Å². The minimum Gasteiger partial charge on any atom is -0.309 e. The molecule has 144 valence electrons. The third kappa shape index (κ3) is 2.18. The molecule has 0 fully saturated rings. The van der Waals surface area contributed by atoms with Crippen molar-refractivity contribution in [1.82, 2.24) is 14.5 Å². The highest BCUT2D eigenvalue weighted by molar-refractivity contribution is 6.33. The van der Waals surface area contributed by atoms with E-state index in [2.05, 4.69) is 95.6 Å². The first kappa shape index (κ1) is 16.5. The summed E-state index contributed by atoms with van der Waals surface area (Å²) in [6.07, 6.45) is 3.58. The van der Waals surface area contributed by atoms with E-state index in [1.807, 2.05) is 0 Å². The predicted octanol–water partition coefficient (Wildman–Crippen LogP) is 7.03. The van der Waals surface area contributed by atoms with Crippen LogP contribution in [-0.2, 0) is 0 Å². The van der Waals surface area contributed by atoms with Crippen LogP contribution in [0.1, 0.15) is 0 Å². The van der Waals surface area contributed by atoms with Crippen molar-refractivity contribution in [1.29, 1.82) is 0 Å². The molecule has 5 aromatic carbocycles. The summed E-state index contributed by atoms with van der Waals surface area (Å²) in [5.41, 5.74) is 5.44. The summed E-state index contributed by atoms with van der Waals surface area (Å²) in [7, 11) is 0. The van der Waals surface area contributed by atoms with E-state index >= 15 is 0 Å². The lowest BCUT2D eigenvalue weighted by Gasteiger charge is -2.11. The fraction of sp³-hybridized carbons (Fsp3) is 0. The van der Waals surface area contributed by atoms with Crippen LogP contribution in [0.3, 0.4) is 0 Å². The van der Waals surface area contributed by atoms with Gasteiger partial charge in [-0.2, -0.15) is 0 Å². The molecule has 0 atom stereocenters. The molecule has 0 bridgehead atoms. The van der Waals surface area contributed by atoms with Crippen LogP contribution in [0.5, 0.6) is 0 Å². The summed E-state index contributed by atoms with van der Waals surface area (Å²) < 4.78 is 2.35. The molecule has 7 aromatic rings. The van der Waals surface area contributed by atoms with Crippen molar-refractivity contribution in [2.45, 2.75) is 0 Å². The van der Waals surface area contributed by atoms with Crippen molar-refractivity contribution in [3.63, 3.8) is 0 Å². The van der Waals surface area contributed by atoms with E-state index < -0.39 is 0 Å². The van der Waals surface area contributed by atoms with E-state index in [4.69, 9.17) is 9.97 Å². The Bertz CT molecular complexity index is 1740. The van der Waals surface area contributed by atoms with Gasteiger partial charge in [-0.1, -0.05) is 66.7 Å². The molecular formula is C28H17N3. The maximum atomic E-state index is 4.83. The largest absolute Gasteiger partial charge is 0.309 e. The van der Waals surface area contributed by atoms with Gasteiger partial charge in [0.15, 0.2) is 0 Å². The minimum absolute atomic E-state index is 0.953. The van der Waals surface area contributed by atoms with Gasteiger partial charge in [-0.25, -0.2) is 0 Å². The van der Waals surface area contributed by atoms with Gasteiger partial charge in [-0.05, 0) is 35.0 Å². The maximum Gasteiger partial charge on any atom is 0.0978 e. The van der Waals surface area contributed by atoms with Crippen molar-refractivity contribution in [3.8, 4) is 5.69 Å². The molecule has 0 aliphatic rings. The summed E-state index contributed by atoms with van der Waals surface area (Å²) in [4.78, 5) is 9.57. The van der Waals surface area contributed by atoms with Crippen LogP contribution in [0.15, 0.2) is 103 Å². The van der Waals surface area contributed by atoms with Gasteiger partial charge in [-0.15, -0.1) is 0 Å². The quantitative estimate of drug-likeness (QED) is 0.279. The van der Waals surface area contributed by atoms with E-state index in [1.54, 1.807) is 12.4 Å². The summed E-state index contributed by atoms with van der Waals surface area (Å²) in [5, 5.41) is 7.20. The van der Waals surface area contributed by atoms with Gasteiger partial charge in [0.25, 0.3) is 0 Å². The number of rotatable bonds is 1. The second-order valence-corrected chi connectivity index (χ2v) is 7.87. The zero-order valence-electron chi connectivity index (χ0n) is 16.7. The highest BCUT2D eigenvalue weighted by atomic mass is 15.0. The molecule has 3 nitrogen and oxygen atoms in total. The van der Waals surface area contributed by atoms with Gasteiger partial charge in [0.2, 0.25) is 0 Å². The highest BCUT2D eigenvalue weighted by Crippen LogP contribution is 2.41. The molecule has 0 amide bonds. The number of fused-ring (bicyclic) bond motifs is 10. The van der Waals surface area contributed by atoms with Crippen LogP contribution in [0.2, 0.25) is 0 Å². The number of para-hydroxylation sites is 2. The van der Waals surface area contributed by atoms with Crippen molar-refractivity contribution >= 4 is 54.4 Å². The van der Waals surface area contributed by atoms with E-state index in [0.717, 1.165) is 22.1 Å². The number of benzene rings is 5. The van der Waals surface area contributed by atoms with E-state index in [1.165, 1.54) is 38.0 Å². The molecule has 2 heterocycles. The van der Waals surface area contributed by atoms with Gasteiger partial charge in [0.1, 0.15) is 0 Å². The number of nitrogens with zero attached hydrogens (tertiary/aromatic N) is 3. The van der Waals surface area contributed by atoms with Crippen LogP contribution in [0.25, 0.3) is 60.1 Å². The van der Waals surface area contributed by atoms with Gasteiger partial charge < -0.3 is 4.57 Å². The van der Waals surface area contributed by atoms with Gasteiger partial charge >= 0.3 is 0 Å². The molecule has 0 aliphatic carbocycles. The summed E-state index contributed by atoms with van der Waals surface area (Å²) in [6, 6.07) is 32.2. The van der Waals surface area contributed by atoms with Crippen LogP contribution in [-0.4, -0.2) is 14.5 Å². The molecule has 0 spiro atoms. The van der Waals surface area contributed by atoms with E-state index in [0.29, 0.717) is 0 Å². The first-order valence-corrected chi connectivity index (χ1v) is 10.4. The number of hydrogen-bond donors (Lipinski definition) is 0. The predicted molar refractivity (Wildman–Crippen MR) is 129 cm³/mol. The number of aromatic nitrogens is 3. The third-order valence-corrected chi connectivity index (χ3v) is 6.26. The smallest absolute Gasteiger partial charge is 0.0978 e. The molecule has 3 heteroatoms. The van der Waals surface area contributed by atoms with Gasteiger partial charge in [-0.3, -0.25) is 9.97 Å². The summed E-state index contributed by atoms with van der Waals surface area (Å²) in [5.74, 6) is 0. The first-order chi connectivity index (χ1) is 15.4. The molecule has 2 aromatic heterocycles. The first-order valence-electron chi connectivity index (χ1n) is 10.4. The van der Waals surface area contributed by atoms with E-state index in [9.17, 15) is 0 Å². The average molecular weight is 395 g/mol.